The maximum atomic E-state index is 5.65. The number of alkyl halides is 2. The van der Waals surface area contributed by atoms with Crippen molar-refractivity contribution in [3.8, 4) is 0 Å². The fraction of sp³-hybridized carbons (Fsp3) is 0.600. The van der Waals surface area contributed by atoms with Crippen molar-refractivity contribution in [2.75, 3.05) is 0 Å². The van der Waals surface area contributed by atoms with E-state index >= 15 is 0 Å². The van der Waals surface area contributed by atoms with E-state index < -0.39 is 4.33 Å². The third kappa shape index (κ3) is 1.61. The third-order valence-electron chi connectivity index (χ3n) is 0.920. The van der Waals surface area contributed by atoms with Crippen LogP contribution in [0.2, 0.25) is 0 Å². The summed E-state index contributed by atoms with van der Waals surface area (Å²) in [6.07, 6.45) is 0. The SMILES string of the molecule is Cc1nc(C(C)(Cl)Cl)no1. The predicted molar refractivity (Wildman–Crippen MR) is 38.1 cm³/mol. The molecule has 1 heterocycles. The van der Waals surface area contributed by atoms with E-state index in [2.05, 4.69) is 14.7 Å². The summed E-state index contributed by atoms with van der Waals surface area (Å²) in [6.45, 7) is 3.26. The number of hydrogen-bond acceptors (Lipinski definition) is 3. The summed E-state index contributed by atoms with van der Waals surface area (Å²) in [5, 5.41) is 3.54. The third-order valence-corrected chi connectivity index (χ3v) is 1.26. The molecule has 0 saturated heterocycles. The van der Waals surface area contributed by atoms with Gasteiger partial charge in [0.15, 0.2) is 4.33 Å². The molecule has 0 fully saturated rings. The average molecular weight is 181 g/mol. The second-order valence-corrected chi connectivity index (χ2v) is 3.73. The van der Waals surface area contributed by atoms with Crippen molar-refractivity contribution in [1.29, 1.82) is 0 Å². The van der Waals surface area contributed by atoms with Crippen molar-refractivity contribution in [3.63, 3.8) is 0 Å². The van der Waals surface area contributed by atoms with Crippen LogP contribution in [0.3, 0.4) is 0 Å². The first-order valence-electron chi connectivity index (χ1n) is 2.69. The Morgan fingerprint density at radius 2 is 2.10 bits per heavy atom. The number of rotatable bonds is 1. The van der Waals surface area contributed by atoms with Gasteiger partial charge in [0.05, 0.1) is 0 Å². The van der Waals surface area contributed by atoms with Crippen molar-refractivity contribution >= 4 is 23.2 Å². The number of halogens is 2. The number of aryl methyl sites for hydroxylation is 1. The monoisotopic (exact) mass is 180 g/mol. The van der Waals surface area contributed by atoms with Crippen molar-refractivity contribution in [2.45, 2.75) is 18.2 Å². The van der Waals surface area contributed by atoms with Gasteiger partial charge in [0.25, 0.3) is 0 Å². The van der Waals surface area contributed by atoms with Gasteiger partial charge in [-0.1, -0.05) is 28.4 Å². The van der Waals surface area contributed by atoms with E-state index in [9.17, 15) is 0 Å². The molecular formula is C5H6Cl2N2O. The standard InChI is InChI=1S/C5H6Cl2N2O/c1-3-8-4(9-10-3)5(2,6)7/h1-2H3. The van der Waals surface area contributed by atoms with Gasteiger partial charge < -0.3 is 4.52 Å². The van der Waals surface area contributed by atoms with Gasteiger partial charge in [-0.05, 0) is 6.92 Å². The molecule has 0 aromatic carbocycles. The van der Waals surface area contributed by atoms with Crippen LogP contribution >= 0.6 is 23.2 Å². The highest BCUT2D eigenvalue weighted by Gasteiger charge is 2.25. The summed E-state index contributed by atoms with van der Waals surface area (Å²) >= 11 is 11.3. The Balaban J connectivity index is 2.96. The zero-order chi connectivity index (χ0) is 7.78. The molecule has 3 nitrogen and oxygen atoms in total. The number of aromatic nitrogens is 2. The first kappa shape index (κ1) is 7.82. The van der Waals surface area contributed by atoms with E-state index in [1.807, 2.05) is 0 Å². The molecule has 0 bridgehead atoms. The molecule has 0 N–H and O–H groups in total. The van der Waals surface area contributed by atoms with Gasteiger partial charge in [-0.2, -0.15) is 4.98 Å². The largest absolute Gasteiger partial charge is 0.340 e. The Morgan fingerprint density at radius 1 is 1.50 bits per heavy atom. The van der Waals surface area contributed by atoms with E-state index in [-0.39, 0.29) is 0 Å². The van der Waals surface area contributed by atoms with Crippen LogP contribution < -0.4 is 0 Å². The fourth-order valence-electron chi connectivity index (χ4n) is 0.478. The minimum atomic E-state index is -1.06. The molecule has 1 aromatic heterocycles. The second-order valence-electron chi connectivity index (χ2n) is 2.03. The predicted octanol–water partition coefficient (Wildman–Crippen LogP) is 2.03. The molecule has 0 unspecified atom stereocenters. The van der Waals surface area contributed by atoms with Crippen LogP contribution in [0.1, 0.15) is 18.6 Å². The Labute approximate surface area is 68.3 Å². The highest BCUT2D eigenvalue weighted by atomic mass is 35.5. The summed E-state index contributed by atoms with van der Waals surface area (Å²) in [7, 11) is 0. The molecule has 0 aliphatic rings. The van der Waals surface area contributed by atoms with Crippen molar-refractivity contribution in [1.82, 2.24) is 10.1 Å². The minimum Gasteiger partial charge on any atom is -0.340 e. The fourth-order valence-corrected chi connectivity index (χ4v) is 0.631. The van der Waals surface area contributed by atoms with Crippen molar-refractivity contribution in [3.05, 3.63) is 11.7 Å². The zero-order valence-corrected chi connectivity index (χ0v) is 7.07. The maximum absolute atomic E-state index is 5.65. The molecule has 10 heavy (non-hydrogen) atoms. The van der Waals surface area contributed by atoms with Crippen LogP contribution in [0.25, 0.3) is 0 Å². The molecule has 0 spiro atoms. The van der Waals surface area contributed by atoms with Crippen LogP contribution in [-0.2, 0) is 4.33 Å². The van der Waals surface area contributed by atoms with Gasteiger partial charge in [-0.15, -0.1) is 0 Å². The Bertz CT molecular complexity index is 228. The molecule has 5 heteroatoms. The van der Waals surface area contributed by atoms with Gasteiger partial charge in [-0.25, -0.2) is 0 Å². The lowest BCUT2D eigenvalue weighted by molar-refractivity contribution is 0.386. The van der Waals surface area contributed by atoms with E-state index in [4.69, 9.17) is 23.2 Å². The Kier molecular flexibility index (Phi) is 1.88. The van der Waals surface area contributed by atoms with E-state index in [0.717, 1.165) is 0 Å². The van der Waals surface area contributed by atoms with Crippen molar-refractivity contribution in [2.24, 2.45) is 0 Å². The van der Waals surface area contributed by atoms with Gasteiger partial charge in [0.2, 0.25) is 11.7 Å². The molecule has 0 aliphatic carbocycles. The summed E-state index contributed by atoms with van der Waals surface area (Å²) in [6, 6.07) is 0. The topological polar surface area (TPSA) is 38.9 Å². The molecule has 0 aliphatic heterocycles. The lowest BCUT2D eigenvalue weighted by Gasteiger charge is -2.04. The van der Waals surface area contributed by atoms with Crippen LogP contribution in [0, 0.1) is 6.92 Å². The van der Waals surface area contributed by atoms with Gasteiger partial charge in [0, 0.05) is 6.92 Å². The van der Waals surface area contributed by atoms with Gasteiger partial charge in [0.1, 0.15) is 0 Å². The van der Waals surface area contributed by atoms with Gasteiger partial charge in [-0.3, -0.25) is 0 Å². The highest BCUT2D eigenvalue weighted by molar-refractivity contribution is 6.47. The lowest BCUT2D eigenvalue weighted by atomic mass is 10.4. The minimum absolute atomic E-state index is 0.299. The summed E-state index contributed by atoms with van der Waals surface area (Å²) in [4.78, 5) is 3.84. The smallest absolute Gasteiger partial charge is 0.223 e. The Morgan fingerprint density at radius 3 is 2.30 bits per heavy atom. The molecule has 0 saturated carbocycles. The highest BCUT2D eigenvalue weighted by Crippen LogP contribution is 2.29. The first-order valence-corrected chi connectivity index (χ1v) is 3.44. The number of hydrogen-bond donors (Lipinski definition) is 0. The summed E-state index contributed by atoms with van der Waals surface area (Å²) in [5.74, 6) is 0.760. The molecule has 1 rings (SSSR count). The normalized spacial score (nSPS) is 12.0. The maximum Gasteiger partial charge on any atom is 0.223 e. The molecule has 56 valence electrons. The number of nitrogens with zero attached hydrogens (tertiary/aromatic N) is 2. The van der Waals surface area contributed by atoms with Crippen LogP contribution in [-0.4, -0.2) is 10.1 Å². The first-order chi connectivity index (χ1) is 4.50. The summed E-state index contributed by atoms with van der Waals surface area (Å²) < 4.78 is 3.60. The average Bonchev–Trinajstić information content (AvgIpc) is 2.11. The van der Waals surface area contributed by atoms with E-state index in [0.29, 0.717) is 11.7 Å². The zero-order valence-electron chi connectivity index (χ0n) is 5.56. The molecule has 0 atom stereocenters. The van der Waals surface area contributed by atoms with Crippen LogP contribution in [0.4, 0.5) is 0 Å². The molecule has 0 amide bonds. The van der Waals surface area contributed by atoms with E-state index in [1.54, 1.807) is 13.8 Å². The second kappa shape index (κ2) is 2.40. The van der Waals surface area contributed by atoms with E-state index in [1.165, 1.54) is 0 Å². The van der Waals surface area contributed by atoms with Gasteiger partial charge >= 0.3 is 0 Å². The molecule has 1 aromatic rings. The van der Waals surface area contributed by atoms with Crippen LogP contribution in [0.5, 0.6) is 0 Å². The summed E-state index contributed by atoms with van der Waals surface area (Å²) in [5.41, 5.74) is 0. The lowest BCUT2D eigenvalue weighted by Crippen LogP contribution is -2.05. The molecular weight excluding hydrogens is 175 g/mol. The van der Waals surface area contributed by atoms with Crippen molar-refractivity contribution < 1.29 is 4.52 Å². The quantitative estimate of drug-likeness (QED) is 0.622. The van der Waals surface area contributed by atoms with Crippen LogP contribution in [0.15, 0.2) is 4.52 Å². The molecule has 0 radical (unpaired) electrons. The Hall–Kier alpha value is -0.280.